The molecule has 0 radical (unpaired) electrons. The summed E-state index contributed by atoms with van der Waals surface area (Å²) in [6.45, 7) is -1.23. The number of fused-ring (bicyclic) bond motifs is 1. The Kier molecular flexibility index (Phi) is 6.09. The van der Waals surface area contributed by atoms with Gasteiger partial charge in [-0.3, -0.25) is 4.74 Å². The predicted octanol–water partition coefficient (Wildman–Crippen LogP) is 7.10. The van der Waals surface area contributed by atoms with Gasteiger partial charge in [0.05, 0.1) is 0 Å². The van der Waals surface area contributed by atoms with Crippen LogP contribution in [0.15, 0.2) is 48.5 Å². The van der Waals surface area contributed by atoms with Crippen molar-refractivity contribution in [3.63, 3.8) is 0 Å². The highest BCUT2D eigenvalue weighted by molar-refractivity contribution is 5.66. The van der Waals surface area contributed by atoms with Gasteiger partial charge in [0, 0.05) is 5.56 Å². The summed E-state index contributed by atoms with van der Waals surface area (Å²) in [4.78, 5) is 11.4. The molecule has 0 spiro atoms. The Bertz CT molecular complexity index is 910. The Hall–Kier alpha value is -2.53. The second-order valence-electron chi connectivity index (χ2n) is 9.45. The SMILES string of the molecule is O=C(O)OC1Oc2ccc(-c3ccccc3)cc2C(C2CCCCC2)(C2CCCCC2)O1. The molecule has 1 atom stereocenters. The van der Waals surface area contributed by atoms with Crippen LogP contribution < -0.4 is 4.74 Å². The van der Waals surface area contributed by atoms with Crippen LogP contribution in [-0.2, 0) is 15.1 Å². The quantitative estimate of drug-likeness (QED) is 0.518. The minimum atomic E-state index is -1.37. The van der Waals surface area contributed by atoms with Gasteiger partial charge in [-0.05, 0) is 60.8 Å². The molecule has 5 heteroatoms. The normalized spacial score (nSPS) is 23.7. The summed E-state index contributed by atoms with van der Waals surface area (Å²) in [5, 5.41) is 9.32. The highest BCUT2D eigenvalue weighted by atomic mass is 16.9. The van der Waals surface area contributed by atoms with E-state index in [0.717, 1.165) is 42.4 Å². The maximum atomic E-state index is 11.4. The summed E-state index contributed by atoms with van der Waals surface area (Å²) >= 11 is 0. The first kappa shape index (κ1) is 21.3. The van der Waals surface area contributed by atoms with Crippen LogP contribution in [0, 0.1) is 11.8 Å². The lowest BCUT2D eigenvalue weighted by Gasteiger charge is -2.52. The van der Waals surface area contributed by atoms with E-state index in [1.807, 2.05) is 30.3 Å². The minimum absolute atomic E-state index is 0.327. The molecule has 5 nitrogen and oxygen atoms in total. The lowest BCUT2D eigenvalue weighted by atomic mass is 9.62. The molecule has 1 aliphatic heterocycles. The van der Waals surface area contributed by atoms with E-state index in [-0.39, 0.29) is 0 Å². The average Bonchev–Trinajstić information content (AvgIpc) is 2.84. The monoisotopic (exact) mass is 436 g/mol. The Balaban J connectivity index is 1.66. The Morgan fingerprint density at radius 1 is 0.844 bits per heavy atom. The van der Waals surface area contributed by atoms with Crippen molar-refractivity contribution >= 4 is 6.16 Å². The lowest BCUT2D eigenvalue weighted by molar-refractivity contribution is -0.324. The first-order valence-corrected chi connectivity index (χ1v) is 12.1. The molecule has 0 bridgehead atoms. The van der Waals surface area contributed by atoms with Crippen LogP contribution in [0.4, 0.5) is 4.79 Å². The molecule has 3 aliphatic rings. The van der Waals surface area contributed by atoms with Gasteiger partial charge in [-0.2, -0.15) is 0 Å². The van der Waals surface area contributed by atoms with E-state index in [4.69, 9.17) is 14.2 Å². The predicted molar refractivity (Wildman–Crippen MR) is 121 cm³/mol. The number of ether oxygens (including phenoxy) is 3. The van der Waals surface area contributed by atoms with Gasteiger partial charge in [0.1, 0.15) is 11.4 Å². The zero-order valence-corrected chi connectivity index (χ0v) is 18.5. The van der Waals surface area contributed by atoms with Crippen LogP contribution in [0.3, 0.4) is 0 Å². The number of carboxylic acid groups (broad SMARTS) is 1. The fourth-order valence-corrected chi connectivity index (χ4v) is 6.26. The van der Waals surface area contributed by atoms with E-state index < -0.39 is 18.2 Å². The van der Waals surface area contributed by atoms with Crippen LogP contribution in [0.5, 0.6) is 5.75 Å². The summed E-state index contributed by atoms with van der Waals surface area (Å²) in [6, 6.07) is 16.6. The molecule has 2 aromatic carbocycles. The van der Waals surface area contributed by atoms with Crippen LogP contribution in [-0.4, -0.2) is 17.7 Å². The molecule has 0 saturated heterocycles. The Morgan fingerprint density at radius 3 is 2.06 bits per heavy atom. The Labute approximate surface area is 189 Å². The second-order valence-corrected chi connectivity index (χ2v) is 9.45. The average molecular weight is 437 g/mol. The number of carbonyl (C=O) groups is 1. The molecular weight excluding hydrogens is 404 g/mol. The van der Waals surface area contributed by atoms with Crippen LogP contribution in [0.1, 0.15) is 69.8 Å². The fourth-order valence-electron chi connectivity index (χ4n) is 6.26. The van der Waals surface area contributed by atoms with Crippen LogP contribution >= 0.6 is 0 Å². The zero-order valence-electron chi connectivity index (χ0n) is 18.5. The largest absolute Gasteiger partial charge is 0.510 e. The van der Waals surface area contributed by atoms with E-state index in [9.17, 15) is 9.90 Å². The van der Waals surface area contributed by atoms with Gasteiger partial charge in [0.15, 0.2) is 0 Å². The molecule has 5 rings (SSSR count). The smallest absolute Gasteiger partial charge is 0.450 e. The molecule has 2 saturated carbocycles. The van der Waals surface area contributed by atoms with Gasteiger partial charge >= 0.3 is 12.6 Å². The van der Waals surface area contributed by atoms with E-state index in [0.29, 0.717) is 17.6 Å². The maximum absolute atomic E-state index is 11.4. The first-order chi connectivity index (χ1) is 15.7. The molecule has 32 heavy (non-hydrogen) atoms. The van der Waals surface area contributed by atoms with Gasteiger partial charge < -0.3 is 14.6 Å². The molecule has 1 heterocycles. The summed E-state index contributed by atoms with van der Waals surface area (Å²) < 4.78 is 17.7. The van der Waals surface area contributed by atoms with Crippen molar-refractivity contribution in [2.75, 3.05) is 0 Å². The van der Waals surface area contributed by atoms with Gasteiger partial charge in [0.25, 0.3) is 0 Å². The standard InChI is InChI=1S/C27H32O5/c28-25(29)31-26-30-24-17-16-20(19-10-4-1-5-11-19)18-23(24)27(32-26,21-12-6-2-7-13-21)22-14-8-3-9-15-22/h1,4-5,10-11,16-18,21-22,26H,2-3,6-9,12-15H2,(H,28,29). The molecule has 1 N–H and O–H groups in total. The van der Waals surface area contributed by atoms with E-state index in [2.05, 4.69) is 18.2 Å². The fraction of sp³-hybridized carbons (Fsp3) is 0.519. The maximum Gasteiger partial charge on any atom is 0.510 e. The van der Waals surface area contributed by atoms with Gasteiger partial charge in [-0.25, -0.2) is 4.79 Å². The Morgan fingerprint density at radius 2 is 1.47 bits per heavy atom. The van der Waals surface area contributed by atoms with Crippen molar-refractivity contribution in [2.45, 2.75) is 76.3 Å². The van der Waals surface area contributed by atoms with Crippen molar-refractivity contribution in [3.8, 4) is 16.9 Å². The zero-order chi connectivity index (χ0) is 22.0. The molecule has 170 valence electrons. The van der Waals surface area contributed by atoms with Gasteiger partial charge in [0.2, 0.25) is 0 Å². The summed E-state index contributed by atoms with van der Waals surface area (Å²) in [5.74, 6) is 1.35. The van der Waals surface area contributed by atoms with Crippen molar-refractivity contribution in [1.82, 2.24) is 0 Å². The molecule has 2 fully saturated rings. The summed E-state index contributed by atoms with van der Waals surface area (Å²) in [7, 11) is 0. The van der Waals surface area contributed by atoms with E-state index in [1.54, 1.807) is 0 Å². The summed E-state index contributed by atoms with van der Waals surface area (Å²) in [6.07, 6.45) is 10.2. The molecule has 2 aromatic rings. The minimum Gasteiger partial charge on any atom is -0.450 e. The number of rotatable bonds is 4. The molecular formula is C27H32O5. The van der Waals surface area contributed by atoms with Crippen LogP contribution in [0.25, 0.3) is 11.1 Å². The topological polar surface area (TPSA) is 65.0 Å². The third-order valence-corrected chi connectivity index (χ3v) is 7.64. The van der Waals surface area contributed by atoms with E-state index in [1.165, 1.54) is 38.5 Å². The highest BCUT2D eigenvalue weighted by Gasteiger charge is 2.54. The number of hydrogen-bond donors (Lipinski definition) is 1. The second kappa shape index (κ2) is 9.14. The molecule has 0 amide bonds. The van der Waals surface area contributed by atoms with Gasteiger partial charge in [-0.1, -0.05) is 74.9 Å². The van der Waals surface area contributed by atoms with E-state index >= 15 is 0 Å². The van der Waals surface area contributed by atoms with Gasteiger partial charge in [-0.15, -0.1) is 0 Å². The molecule has 2 aliphatic carbocycles. The summed E-state index contributed by atoms with van der Waals surface area (Å²) in [5.41, 5.74) is 2.77. The van der Waals surface area contributed by atoms with Crippen molar-refractivity contribution < 1.29 is 24.1 Å². The van der Waals surface area contributed by atoms with Crippen LogP contribution in [0.2, 0.25) is 0 Å². The lowest BCUT2D eigenvalue weighted by Crippen LogP contribution is -2.53. The highest BCUT2D eigenvalue weighted by Crippen LogP contribution is 2.56. The number of hydrogen-bond acceptors (Lipinski definition) is 4. The molecule has 1 unspecified atom stereocenters. The number of benzene rings is 2. The third kappa shape index (κ3) is 3.99. The van der Waals surface area contributed by atoms with Crippen molar-refractivity contribution in [1.29, 1.82) is 0 Å². The van der Waals surface area contributed by atoms with Crippen molar-refractivity contribution in [2.24, 2.45) is 11.8 Å². The first-order valence-electron chi connectivity index (χ1n) is 12.1. The van der Waals surface area contributed by atoms with Crippen molar-refractivity contribution in [3.05, 3.63) is 54.1 Å². The third-order valence-electron chi connectivity index (χ3n) is 7.64. The molecule has 0 aromatic heterocycles.